The van der Waals surface area contributed by atoms with Crippen LogP contribution in [0.3, 0.4) is 0 Å². The van der Waals surface area contributed by atoms with Gasteiger partial charge in [-0.3, -0.25) is 9.10 Å². The average molecular weight is 372 g/mol. The van der Waals surface area contributed by atoms with Gasteiger partial charge in [-0.05, 0) is 44.0 Å². The Balaban J connectivity index is 2.15. The molecular weight excluding hydrogens is 348 g/mol. The molecule has 5 nitrogen and oxygen atoms in total. The van der Waals surface area contributed by atoms with Gasteiger partial charge in [-0.1, -0.05) is 36.4 Å². The minimum Gasteiger partial charge on any atom is -0.305 e. The lowest BCUT2D eigenvalue weighted by molar-refractivity contribution is -0.117. The van der Waals surface area contributed by atoms with Crippen LogP contribution in [0.5, 0.6) is 0 Å². The first-order valence-electron chi connectivity index (χ1n) is 8.82. The fraction of sp³-hybridized carbons (Fsp3) is 0.350. The summed E-state index contributed by atoms with van der Waals surface area (Å²) in [5, 5.41) is 0. The Morgan fingerprint density at radius 3 is 2.35 bits per heavy atom. The summed E-state index contributed by atoms with van der Waals surface area (Å²) in [6.45, 7) is 5.11. The number of rotatable bonds is 4. The molecule has 0 aromatic heterocycles. The van der Waals surface area contributed by atoms with Gasteiger partial charge in [0.1, 0.15) is 0 Å². The third-order valence-electron chi connectivity index (χ3n) is 4.85. The maximum atomic E-state index is 12.7. The molecule has 0 radical (unpaired) electrons. The van der Waals surface area contributed by atoms with Gasteiger partial charge >= 0.3 is 0 Å². The number of carbonyl (C=O) groups excluding carboxylic acids is 1. The molecule has 138 valence electrons. The summed E-state index contributed by atoms with van der Waals surface area (Å²) in [5.74, 6) is -0.0131. The third kappa shape index (κ3) is 3.21. The first-order valence-corrected chi connectivity index (χ1v) is 10.4. The zero-order chi connectivity index (χ0) is 18.9. The molecule has 3 rings (SSSR count). The Morgan fingerprint density at radius 1 is 1.12 bits per heavy atom. The minimum absolute atomic E-state index is 0.0471. The monoisotopic (exact) mass is 372 g/mol. The lowest BCUT2D eigenvalue weighted by Crippen LogP contribution is -2.47. The molecule has 2 unspecified atom stereocenters. The highest BCUT2D eigenvalue weighted by Gasteiger charge is 2.39. The second-order valence-electron chi connectivity index (χ2n) is 6.58. The van der Waals surface area contributed by atoms with E-state index in [0.717, 1.165) is 11.3 Å². The van der Waals surface area contributed by atoms with E-state index in [4.69, 9.17) is 0 Å². The molecule has 0 spiro atoms. The number of para-hydroxylation sites is 2. The number of fused-ring (bicyclic) bond motifs is 1. The van der Waals surface area contributed by atoms with Crippen LogP contribution in [0.15, 0.2) is 54.6 Å². The van der Waals surface area contributed by atoms with Crippen LogP contribution in [-0.2, 0) is 14.8 Å². The standard InChI is InChI=1S/C20H24N2O3S/c1-4-26(24,25)22-15(2)14-20(18-12-8-9-13-19(18)22)21(16(3)23)17-10-6-5-7-11-17/h5-13,15,20H,4,14H2,1-3H3. The number of nitrogens with zero attached hydrogens (tertiary/aromatic N) is 2. The van der Waals surface area contributed by atoms with Gasteiger partial charge in [0.25, 0.3) is 0 Å². The fourth-order valence-electron chi connectivity index (χ4n) is 3.73. The summed E-state index contributed by atoms with van der Waals surface area (Å²) < 4.78 is 26.8. The third-order valence-corrected chi connectivity index (χ3v) is 6.73. The van der Waals surface area contributed by atoms with E-state index >= 15 is 0 Å². The van der Waals surface area contributed by atoms with Crippen molar-refractivity contribution in [3.05, 3.63) is 60.2 Å². The number of hydrogen-bond acceptors (Lipinski definition) is 3. The molecule has 0 aliphatic carbocycles. The highest BCUT2D eigenvalue weighted by atomic mass is 32.2. The van der Waals surface area contributed by atoms with Crippen molar-refractivity contribution in [2.75, 3.05) is 15.0 Å². The maximum Gasteiger partial charge on any atom is 0.235 e. The molecule has 0 bridgehead atoms. The second-order valence-corrected chi connectivity index (χ2v) is 8.71. The van der Waals surface area contributed by atoms with Crippen LogP contribution < -0.4 is 9.21 Å². The van der Waals surface area contributed by atoms with Crippen molar-refractivity contribution in [2.24, 2.45) is 0 Å². The Morgan fingerprint density at radius 2 is 1.73 bits per heavy atom. The maximum absolute atomic E-state index is 12.7. The van der Waals surface area contributed by atoms with Gasteiger partial charge in [-0.25, -0.2) is 8.42 Å². The van der Waals surface area contributed by atoms with E-state index in [0.29, 0.717) is 12.1 Å². The van der Waals surface area contributed by atoms with Crippen molar-refractivity contribution in [1.82, 2.24) is 0 Å². The number of amides is 1. The number of benzene rings is 2. The van der Waals surface area contributed by atoms with Crippen molar-refractivity contribution < 1.29 is 13.2 Å². The lowest BCUT2D eigenvalue weighted by Gasteiger charge is -2.43. The van der Waals surface area contributed by atoms with E-state index in [2.05, 4.69) is 0 Å². The second kappa shape index (κ2) is 7.11. The summed E-state index contributed by atoms with van der Waals surface area (Å²) in [4.78, 5) is 14.3. The molecule has 0 fully saturated rings. The molecule has 2 aromatic carbocycles. The van der Waals surface area contributed by atoms with Crippen LogP contribution in [0.4, 0.5) is 11.4 Å². The van der Waals surface area contributed by atoms with Crippen LogP contribution in [0.1, 0.15) is 38.8 Å². The smallest absolute Gasteiger partial charge is 0.235 e. The van der Waals surface area contributed by atoms with E-state index in [1.807, 2.05) is 61.5 Å². The molecule has 6 heteroatoms. The largest absolute Gasteiger partial charge is 0.305 e. The van der Waals surface area contributed by atoms with Gasteiger partial charge in [-0.15, -0.1) is 0 Å². The first-order chi connectivity index (χ1) is 12.4. The number of hydrogen-bond donors (Lipinski definition) is 0. The highest BCUT2D eigenvalue weighted by molar-refractivity contribution is 7.92. The molecule has 1 aliphatic heterocycles. The first kappa shape index (κ1) is 18.5. The van der Waals surface area contributed by atoms with Crippen LogP contribution in [0.25, 0.3) is 0 Å². The van der Waals surface area contributed by atoms with Gasteiger partial charge in [0, 0.05) is 18.7 Å². The van der Waals surface area contributed by atoms with E-state index in [1.165, 1.54) is 4.31 Å². The lowest BCUT2D eigenvalue weighted by atomic mass is 9.91. The number of carbonyl (C=O) groups is 1. The Bertz CT molecular complexity index is 896. The van der Waals surface area contributed by atoms with Crippen LogP contribution in [-0.4, -0.2) is 26.1 Å². The predicted molar refractivity (Wildman–Crippen MR) is 105 cm³/mol. The van der Waals surface area contributed by atoms with E-state index < -0.39 is 10.0 Å². The Kier molecular flexibility index (Phi) is 5.05. The van der Waals surface area contributed by atoms with Crippen LogP contribution in [0.2, 0.25) is 0 Å². The van der Waals surface area contributed by atoms with Gasteiger partial charge in [0.15, 0.2) is 0 Å². The van der Waals surface area contributed by atoms with Crippen molar-refractivity contribution in [2.45, 2.75) is 39.3 Å². The van der Waals surface area contributed by atoms with Gasteiger partial charge in [-0.2, -0.15) is 0 Å². The molecular formula is C20H24N2O3S. The molecule has 1 amide bonds. The molecule has 26 heavy (non-hydrogen) atoms. The topological polar surface area (TPSA) is 57.7 Å². The Labute approximate surface area is 155 Å². The summed E-state index contributed by atoms with van der Waals surface area (Å²) in [5.41, 5.74) is 2.35. The van der Waals surface area contributed by atoms with Crippen molar-refractivity contribution in [3.8, 4) is 0 Å². The predicted octanol–water partition coefficient (Wildman–Crippen LogP) is 3.73. The summed E-state index contributed by atoms with van der Waals surface area (Å²) in [6, 6.07) is 16.6. The number of sulfonamides is 1. The summed E-state index contributed by atoms with van der Waals surface area (Å²) >= 11 is 0. The van der Waals surface area contributed by atoms with Gasteiger partial charge in [0.05, 0.1) is 17.5 Å². The van der Waals surface area contributed by atoms with E-state index in [1.54, 1.807) is 18.7 Å². The minimum atomic E-state index is -3.39. The molecule has 1 heterocycles. The average Bonchev–Trinajstić information content (AvgIpc) is 2.62. The summed E-state index contributed by atoms with van der Waals surface area (Å²) in [6.07, 6.45) is 0.546. The Hall–Kier alpha value is -2.34. The van der Waals surface area contributed by atoms with E-state index in [9.17, 15) is 13.2 Å². The molecule has 0 N–H and O–H groups in total. The summed E-state index contributed by atoms with van der Waals surface area (Å²) in [7, 11) is -3.39. The normalized spacial score (nSPS) is 19.7. The quantitative estimate of drug-likeness (QED) is 0.822. The zero-order valence-electron chi connectivity index (χ0n) is 15.3. The fourth-order valence-corrected chi connectivity index (χ4v) is 5.11. The molecule has 0 saturated carbocycles. The van der Waals surface area contributed by atoms with Crippen LogP contribution >= 0.6 is 0 Å². The van der Waals surface area contributed by atoms with Crippen molar-refractivity contribution >= 4 is 27.3 Å². The van der Waals surface area contributed by atoms with Gasteiger partial charge < -0.3 is 4.90 Å². The zero-order valence-corrected chi connectivity index (χ0v) is 16.1. The molecule has 2 aromatic rings. The van der Waals surface area contributed by atoms with Gasteiger partial charge in [0.2, 0.25) is 15.9 Å². The number of anilines is 2. The van der Waals surface area contributed by atoms with Crippen LogP contribution in [0, 0.1) is 0 Å². The van der Waals surface area contributed by atoms with Crippen molar-refractivity contribution in [1.29, 1.82) is 0 Å². The van der Waals surface area contributed by atoms with Crippen molar-refractivity contribution in [3.63, 3.8) is 0 Å². The molecule has 0 saturated heterocycles. The SMILES string of the molecule is CCS(=O)(=O)N1c2ccccc2C(N(C(C)=O)c2ccccc2)CC1C. The highest BCUT2D eigenvalue weighted by Crippen LogP contribution is 2.43. The molecule has 2 atom stereocenters. The van der Waals surface area contributed by atoms with E-state index in [-0.39, 0.29) is 23.7 Å². The molecule has 1 aliphatic rings.